The average Bonchev–Trinajstić information content (AvgIpc) is 2.67. The second-order valence-electron chi connectivity index (χ2n) is 3.28. The van der Waals surface area contributed by atoms with Crippen LogP contribution in [0.5, 0.6) is 0 Å². The Morgan fingerprint density at radius 2 is 2.50 bits per heavy atom. The number of nitrogens with zero attached hydrogens (tertiary/aromatic N) is 2. The summed E-state index contributed by atoms with van der Waals surface area (Å²) in [6.07, 6.45) is 4.06. The average molecular weight is 230 g/mol. The highest BCUT2D eigenvalue weighted by molar-refractivity contribution is 7.99. The minimum atomic E-state index is 0.516. The molecule has 5 heteroatoms. The molecule has 0 bridgehead atoms. The monoisotopic (exact) mass is 229 g/mol. The summed E-state index contributed by atoms with van der Waals surface area (Å²) in [7, 11) is 0. The zero-order valence-corrected chi connectivity index (χ0v) is 9.31. The van der Waals surface area contributed by atoms with E-state index in [1.807, 2.05) is 0 Å². The van der Waals surface area contributed by atoms with Crippen LogP contribution in [0, 0.1) is 0 Å². The van der Waals surface area contributed by atoms with E-state index < -0.39 is 0 Å². The van der Waals surface area contributed by atoms with Crippen LogP contribution in [0.1, 0.15) is 12.8 Å². The van der Waals surface area contributed by atoms with E-state index in [4.69, 9.17) is 11.6 Å². The Morgan fingerprint density at radius 3 is 3.21 bits per heavy atom. The molecule has 0 amide bonds. The van der Waals surface area contributed by atoms with E-state index in [2.05, 4.69) is 15.3 Å². The molecule has 1 atom stereocenters. The molecule has 0 aliphatic carbocycles. The third-order valence-electron chi connectivity index (χ3n) is 2.20. The largest absolute Gasteiger partial charge is 0.313 e. The first kappa shape index (κ1) is 10.2. The van der Waals surface area contributed by atoms with E-state index in [9.17, 15) is 0 Å². The summed E-state index contributed by atoms with van der Waals surface area (Å²) in [5.41, 5.74) is 0. The molecule has 76 valence electrons. The van der Waals surface area contributed by atoms with Gasteiger partial charge in [-0.05, 0) is 19.4 Å². The molecule has 2 rings (SSSR count). The highest BCUT2D eigenvalue weighted by atomic mass is 35.5. The summed E-state index contributed by atoms with van der Waals surface area (Å²) >= 11 is 7.49. The van der Waals surface area contributed by atoms with Crippen LogP contribution in [0.2, 0.25) is 5.15 Å². The number of hydrogen-bond acceptors (Lipinski definition) is 4. The highest BCUT2D eigenvalue weighted by Crippen LogP contribution is 2.20. The second-order valence-corrected chi connectivity index (χ2v) is 4.71. The van der Waals surface area contributed by atoms with Crippen LogP contribution >= 0.6 is 23.4 Å². The van der Waals surface area contributed by atoms with Crippen molar-refractivity contribution in [2.24, 2.45) is 0 Å². The SMILES string of the molecule is Clc1cc(SCC2CCCN2)ncn1. The molecule has 0 spiro atoms. The van der Waals surface area contributed by atoms with E-state index in [1.54, 1.807) is 17.8 Å². The fraction of sp³-hybridized carbons (Fsp3) is 0.556. The van der Waals surface area contributed by atoms with Crippen molar-refractivity contribution in [1.82, 2.24) is 15.3 Å². The Morgan fingerprint density at radius 1 is 1.57 bits per heavy atom. The first-order chi connectivity index (χ1) is 6.84. The maximum Gasteiger partial charge on any atom is 0.133 e. The summed E-state index contributed by atoms with van der Waals surface area (Å²) in [6, 6.07) is 2.44. The zero-order valence-electron chi connectivity index (χ0n) is 7.74. The third kappa shape index (κ3) is 2.83. The van der Waals surface area contributed by atoms with Gasteiger partial charge in [0.1, 0.15) is 16.5 Å². The molecule has 0 radical (unpaired) electrons. The van der Waals surface area contributed by atoms with Gasteiger partial charge in [-0.15, -0.1) is 11.8 Å². The number of nitrogens with one attached hydrogen (secondary N) is 1. The predicted octanol–water partition coefficient (Wildman–Crippen LogP) is 1.97. The fourth-order valence-corrected chi connectivity index (χ4v) is 2.67. The molecule has 0 aromatic carbocycles. The van der Waals surface area contributed by atoms with Gasteiger partial charge in [0, 0.05) is 17.9 Å². The molecule has 1 aliphatic rings. The van der Waals surface area contributed by atoms with Crippen molar-refractivity contribution in [3.63, 3.8) is 0 Å². The molecule has 2 heterocycles. The van der Waals surface area contributed by atoms with Gasteiger partial charge in [0.15, 0.2) is 0 Å². The molecular weight excluding hydrogens is 218 g/mol. The molecular formula is C9H12ClN3S. The molecule has 1 aromatic rings. The number of rotatable bonds is 3. The van der Waals surface area contributed by atoms with Gasteiger partial charge in [-0.2, -0.15) is 0 Å². The topological polar surface area (TPSA) is 37.8 Å². The van der Waals surface area contributed by atoms with Crippen LogP contribution in [-0.2, 0) is 0 Å². The number of thioether (sulfide) groups is 1. The van der Waals surface area contributed by atoms with Crippen LogP contribution in [0.15, 0.2) is 17.4 Å². The molecule has 1 unspecified atom stereocenters. The van der Waals surface area contributed by atoms with Crippen molar-refractivity contribution in [3.8, 4) is 0 Å². The Kier molecular flexibility index (Phi) is 3.61. The van der Waals surface area contributed by atoms with Crippen LogP contribution < -0.4 is 5.32 Å². The Labute approximate surface area is 92.7 Å². The zero-order chi connectivity index (χ0) is 9.80. The van der Waals surface area contributed by atoms with Gasteiger partial charge in [0.25, 0.3) is 0 Å². The number of hydrogen-bond donors (Lipinski definition) is 1. The second kappa shape index (κ2) is 4.96. The molecule has 1 aromatic heterocycles. The van der Waals surface area contributed by atoms with Crippen molar-refractivity contribution in [1.29, 1.82) is 0 Å². The van der Waals surface area contributed by atoms with Gasteiger partial charge >= 0.3 is 0 Å². The highest BCUT2D eigenvalue weighted by Gasteiger charge is 2.14. The van der Waals surface area contributed by atoms with Crippen LogP contribution in [0.25, 0.3) is 0 Å². The van der Waals surface area contributed by atoms with Crippen LogP contribution in [0.3, 0.4) is 0 Å². The fourth-order valence-electron chi connectivity index (χ4n) is 1.48. The summed E-state index contributed by atoms with van der Waals surface area (Å²) in [6.45, 7) is 1.15. The Bertz CT molecular complexity index is 302. The number of aromatic nitrogens is 2. The van der Waals surface area contributed by atoms with Gasteiger partial charge in [0.2, 0.25) is 0 Å². The lowest BCUT2D eigenvalue weighted by atomic mass is 10.3. The van der Waals surface area contributed by atoms with Gasteiger partial charge in [0.05, 0.1) is 0 Å². The van der Waals surface area contributed by atoms with E-state index in [0.717, 1.165) is 17.3 Å². The molecule has 1 fully saturated rings. The predicted molar refractivity (Wildman–Crippen MR) is 58.8 cm³/mol. The van der Waals surface area contributed by atoms with E-state index >= 15 is 0 Å². The van der Waals surface area contributed by atoms with E-state index in [1.165, 1.54) is 19.2 Å². The minimum Gasteiger partial charge on any atom is -0.313 e. The maximum atomic E-state index is 5.76. The van der Waals surface area contributed by atoms with Crippen molar-refractivity contribution in [2.75, 3.05) is 12.3 Å². The number of halogens is 1. The molecule has 14 heavy (non-hydrogen) atoms. The first-order valence-electron chi connectivity index (χ1n) is 4.68. The van der Waals surface area contributed by atoms with Crippen LogP contribution in [-0.4, -0.2) is 28.3 Å². The van der Waals surface area contributed by atoms with Crippen molar-refractivity contribution in [3.05, 3.63) is 17.5 Å². The van der Waals surface area contributed by atoms with E-state index in [-0.39, 0.29) is 0 Å². The molecule has 1 N–H and O–H groups in total. The summed E-state index contributed by atoms with van der Waals surface area (Å²) in [4.78, 5) is 7.99. The third-order valence-corrected chi connectivity index (χ3v) is 3.50. The Balaban J connectivity index is 1.85. The lowest BCUT2D eigenvalue weighted by Crippen LogP contribution is -2.23. The van der Waals surface area contributed by atoms with Crippen LogP contribution in [0.4, 0.5) is 0 Å². The maximum absolute atomic E-state index is 5.76. The normalized spacial score (nSPS) is 21.4. The van der Waals surface area contributed by atoms with Crippen molar-refractivity contribution < 1.29 is 0 Å². The summed E-state index contributed by atoms with van der Waals surface area (Å²) < 4.78 is 0. The molecule has 1 aliphatic heterocycles. The van der Waals surface area contributed by atoms with Gasteiger partial charge < -0.3 is 5.32 Å². The lowest BCUT2D eigenvalue weighted by Gasteiger charge is -2.08. The Hall–Kier alpha value is -0.320. The van der Waals surface area contributed by atoms with E-state index in [0.29, 0.717) is 11.2 Å². The van der Waals surface area contributed by atoms with Gasteiger partial charge in [-0.25, -0.2) is 9.97 Å². The van der Waals surface area contributed by atoms with Crippen molar-refractivity contribution >= 4 is 23.4 Å². The minimum absolute atomic E-state index is 0.516. The van der Waals surface area contributed by atoms with Gasteiger partial charge in [-0.1, -0.05) is 11.6 Å². The summed E-state index contributed by atoms with van der Waals surface area (Å²) in [5.74, 6) is 1.06. The van der Waals surface area contributed by atoms with Gasteiger partial charge in [-0.3, -0.25) is 0 Å². The first-order valence-corrected chi connectivity index (χ1v) is 6.05. The smallest absolute Gasteiger partial charge is 0.133 e. The standard InChI is InChI=1S/C9H12ClN3S/c10-8-4-9(13-6-12-8)14-5-7-2-1-3-11-7/h4,6-7,11H,1-3,5H2. The molecule has 1 saturated heterocycles. The molecule has 0 saturated carbocycles. The molecule has 3 nitrogen and oxygen atoms in total. The van der Waals surface area contributed by atoms with Crippen molar-refractivity contribution in [2.45, 2.75) is 23.9 Å². The lowest BCUT2D eigenvalue weighted by molar-refractivity contribution is 0.673. The summed E-state index contributed by atoms with van der Waals surface area (Å²) in [5, 5.41) is 4.92. The quantitative estimate of drug-likeness (QED) is 0.636.